The van der Waals surface area contributed by atoms with Gasteiger partial charge in [0.15, 0.2) is 5.76 Å². The number of nitrogens with zero attached hydrogens (tertiary/aromatic N) is 1. The summed E-state index contributed by atoms with van der Waals surface area (Å²) in [5.74, 6) is -1.42. The van der Waals surface area contributed by atoms with Crippen molar-refractivity contribution >= 4 is 27.2 Å². The topological polar surface area (TPSA) is 91.0 Å². The van der Waals surface area contributed by atoms with Gasteiger partial charge in [0.1, 0.15) is 0 Å². The Morgan fingerprint density at radius 2 is 2.05 bits per heavy atom. The van der Waals surface area contributed by atoms with Crippen LogP contribution in [0.1, 0.15) is 6.92 Å². The summed E-state index contributed by atoms with van der Waals surface area (Å²) in [6.45, 7) is 1.48. The van der Waals surface area contributed by atoms with Crippen molar-refractivity contribution in [3.8, 4) is 22.1 Å². The number of hydrogen-bond donors (Lipinski definition) is 2. The summed E-state index contributed by atoms with van der Waals surface area (Å²) in [5.41, 5.74) is 0. The summed E-state index contributed by atoms with van der Waals surface area (Å²) in [7, 11) is -2.32. The van der Waals surface area contributed by atoms with Gasteiger partial charge >= 0.3 is 0 Å². The fourth-order valence-corrected chi connectivity index (χ4v) is 2.98. The Balaban J connectivity index is 2.53. The van der Waals surface area contributed by atoms with Crippen LogP contribution in [-0.2, 0) is 10.0 Å². The van der Waals surface area contributed by atoms with Crippen LogP contribution in [-0.4, -0.2) is 31.4 Å². The number of sulfonamides is 1. The molecule has 104 valence electrons. The highest BCUT2D eigenvalue weighted by Crippen LogP contribution is 2.48. The molecule has 0 amide bonds. The molecular formula is C11H13NO5S2. The molecule has 0 aromatic carbocycles. The Bertz CT molecular complexity index is 672. The lowest BCUT2D eigenvalue weighted by Gasteiger charge is -2.14. The van der Waals surface area contributed by atoms with E-state index in [4.69, 9.17) is 4.42 Å². The molecule has 2 aromatic rings. The highest BCUT2D eigenvalue weighted by Gasteiger charge is 2.28. The predicted octanol–water partition coefficient (Wildman–Crippen LogP) is 2.21. The van der Waals surface area contributed by atoms with Crippen molar-refractivity contribution in [2.24, 2.45) is 0 Å². The SMILES string of the molecule is CCS(=O)(=O)N(C)c1oc(-c2cccs2)c(O)c1O. The maximum absolute atomic E-state index is 11.7. The molecule has 0 fully saturated rings. The van der Waals surface area contributed by atoms with Crippen LogP contribution in [0.5, 0.6) is 11.5 Å². The number of rotatable bonds is 4. The third-order valence-corrected chi connectivity index (χ3v) is 5.25. The molecule has 0 atom stereocenters. The molecule has 0 aliphatic rings. The van der Waals surface area contributed by atoms with Crippen LogP contribution in [0.2, 0.25) is 0 Å². The van der Waals surface area contributed by atoms with Gasteiger partial charge in [-0.25, -0.2) is 12.7 Å². The van der Waals surface area contributed by atoms with Gasteiger partial charge in [-0.1, -0.05) is 6.07 Å². The van der Waals surface area contributed by atoms with Gasteiger partial charge in [-0.3, -0.25) is 0 Å². The molecule has 2 aromatic heterocycles. The van der Waals surface area contributed by atoms with Crippen molar-refractivity contribution < 1.29 is 23.0 Å². The van der Waals surface area contributed by atoms with Crippen molar-refractivity contribution in [1.29, 1.82) is 0 Å². The molecule has 8 heteroatoms. The zero-order valence-corrected chi connectivity index (χ0v) is 12.0. The number of anilines is 1. The first-order chi connectivity index (χ1) is 8.88. The number of furan rings is 1. The molecule has 0 spiro atoms. The first kappa shape index (κ1) is 13.8. The van der Waals surface area contributed by atoms with Gasteiger partial charge in [0.2, 0.25) is 21.5 Å². The fourth-order valence-electron chi connectivity index (χ4n) is 1.51. The van der Waals surface area contributed by atoms with E-state index in [0.29, 0.717) is 4.88 Å². The van der Waals surface area contributed by atoms with Crippen molar-refractivity contribution in [1.82, 2.24) is 0 Å². The average Bonchev–Trinajstić information content (AvgIpc) is 2.99. The highest BCUT2D eigenvalue weighted by molar-refractivity contribution is 7.92. The largest absolute Gasteiger partial charge is 0.502 e. The Kier molecular flexibility index (Phi) is 3.46. The lowest BCUT2D eigenvalue weighted by molar-refractivity contribution is 0.409. The number of hydrogen-bond acceptors (Lipinski definition) is 6. The van der Waals surface area contributed by atoms with Crippen molar-refractivity contribution in [3.05, 3.63) is 17.5 Å². The van der Waals surface area contributed by atoms with Crippen LogP contribution in [0.25, 0.3) is 10.6 Å². The lowest BCUT2D eigenvalue weighted by atomic mass is 10.3. The van der Waals surface area contributed by atoms with Gasteiger partial charge in [0.05, 0.1) is 10.6 Å². The van der Waals surface area contributed by atoms with Crippen LogP contribution in [0.3, 0.4) is 0 Å². The van der Waals surface area contributed by atoms with Gasteiger partial charge in [0, 0.05) is 7.05 Å². The highest BCUT2D eigenvalue weighted by atomic mass is 32.2. The van der Waals surface area contributed by atoms with Crippen molar-refractivity contribution in [2.45, 2.75) is 6.92 Å². The Hall–Kier alpha value is -1.67. The van der Waals surface area contributed by atoms with E-state index in [1.54, 1.807) is 17.5 Å². The van der Waals surface area contributed by atoms with E-state index < -0.39 is 21.5 Å². The molecule has 0 bridgehead atoms. The third kappa shape index (κ3) is 2.28. The lowest BCUT2D eigenvalue weighted by Crippen LogP contribution is -2.27. The van der Waals surface area contributed by atoms with Gasteiger partial charge in [-0.15, -0.1) is 11.3 Å². The Morgan fingerprint density at radius 1 is 1.37 bits per heavy atom. The first-order valence-corrected chi connectivity index (χ1v) is 7.92. The second-order valence-corrected chi connectivity index (χ2v) is 7.02. The standard InChI is InChI=1S/C11H13NO5S2/c1-3-19(15,16)12(2)11-9(14)8(13)10(17-11)7-5-4-6-18-7/h4-6,13-14H,3H2,1-2H3. The second kappa shape index (κ2) is 4.78. The zero-order chi connectivity index (χ0) is 14.2. The third-order valence-electron chi connectivity index (χ3n) is 2.65. The van der Waals surface area contributed by atoms with E-state index in [9.17, 15) is 18.6 Å². The van der Waals surface area contributed by atoms with Gasteiger partial charge < -0.3 is 14.6 Å². The van der Waals surface area contributed by atoms with Crippen molar-refractivity contribution in [2.75, 3.05) is 17.1 Å². The van der Waals surface area contributed by atoms with E-state index >= 15 is 0 Å². The first-order valence-electron chi connectivity index (χ1n) is 5.43. The monoisotopic (exact) mass is 303 g/mol. The molecule has 19 heavy (non-hydrogen) atoms. The molecule has 6 nitrogen and oxygen atoms in total. The second-order valence-electron chi connectivity index (χ2n) is 3.78. The molecule has 2 N–H and O–H groups in total. The minimum absolute atomic E-state index is 0.0562. The average molecular weight is 303 g/mol. The summed E-state index contributed by atoms with van der Waals surface area (Å²) in [6, 6.07) is 3.45. The van der Waals surface area contributed by atoms with Gasteiger partial charge in [-0.2, -0.15) is 0 Å². The molecule has 2 heterocycles. The molecule has 0 aliphatic heterocycles. The van der Waals surface area contributed by atoms with E-state index in [1.807, 2.05) is 0 Å². The molecule has 0 unspecified atom stereocenters. The maximum atomic E-state index is 11.7. The van der Waals surface area contributed by atoms with E-state index in [0.717, 1.165) is 4.31 Å². The Morgan fingerprint density at radius 3 is 2.58 bits per heavy atom. The number of aromatic hydroxyl groups is 2. The summed E-state index contributed by atoms with van der Waals surface area (Å²) in [5, 5.41) is 21.4. The smallest absolute Gasteiger partial charge is 0.256 e. The minimum Gasteiger partial charge on any atom is -0.502 e. The molecule has 0 aliphatic carbocycles. The maximum Gasteiger partial charge on any atom is 0.256 e. The zero-order valence-electron chi connectivity index (χ0n) is 10.3. The van der Waals surface area contributed by atoms with Gasteiger partial charge in [-0.05, 0) is 18.4 Å². The Labute approximate surface area is 114 Å². The van der Waals surface area contributed by atoms with Crippen LogP contribution in [0, 0.1) is 0 Å². The summed E-state index contributed by atoms with van der Waals surface area (Å²) >= 11 is 1.30. The van der Waals surface area contributed by atoms with Crippen LogP contribution in [0.4, 0.5) is 5.88 Å². The van der Waals surface area contributed by atoms with E-state index in [2.05, 4.69) is 0 Å². The number of thiophene rings is 1. The molecule has 0 saturated heterocycles. The fraction of sp³-hybridized carbons (Fsp3) is 0.273. The van der Waals surface area contributed by atoms with E-state index in [-0.39, 0.29) is 17.4 Å². The van der Waals surface area contributed by atoms with Crippen molar-refractivity contribution in [3.63, 3.8) is 0 Å². The van der Waals surface area contributed by atoms with Crippen LogP contribution in [0.15, 0.2) is 21.9 Å². The van der Waals surface area contributed by atoms with Crippen LogP contribution >= 0.6 is 11.3 Å². The van der Waals surface area contributed by atoms with Gasteiger partial charge in [0.25, 0.3) is 5.88 Å². The normalized spacial score (nSPS) is 11.7. The van der Waals surface area contributed by atoms with Crippen LogP contribution < -0.4 is 4.31 Å². The quantitative estimate of drug-likeness (QED) is 0.903. The molecule has 2 rings (SSSR count). The summed E-state index contributed by atoms with van der Waals surface area (Å²) < 4.78 is 29.6. The summed E-state index contributed by atoms with van der Waals surface area (Å²) in [6.07, 6.45) is 0. The summed E-state index contributed by atoms with van der Waals surface area (Å²) in [4.78, 5) is 0.598. The minimum atomic E-state index is -3.57. The molecular weight excluding hydrogens is 290 g/mol. The van der Waals surface area contributed by atoms with E-state index in [1.165, 1.54) is 25.3 Å². The molecule has 0 saturated carbocycles. The predicted molar refractivity (Wildman–Crippen MR) is 73.2 cm³/mol. The molecule has 0 radical (unpaired) electrons.